The molecule has 1 aliphatic heterocycles. The second-order valence-electron chi connectivity index (χ2n) is 15.2. The molecule has 55 heavy (non-hydrogen) atoms. The summed E-state index contributed by atoms with van der Waals surface area (Å²) in [5, 5.41) is 15.5. The lowest BCUT2D eigenvalue weighted by atomic mass is 9.81. The highest BCUT2D eigenvalue weighted by atomic mass is 32.2. The minimum atomic E-state index is -4.11. The van der Waals surface area contributed by atoms with E-state index in [4.69, 9.17) is 9.47 Å². The van der Waals surface area contributed by atoms with Crippen molar-refractivity contribution in [2.45, 2.75) is 75.8 Å². The number of fused-ring (bicyclic) bond motifs is 5. The first-order valence-corrected chi connectivity index (χ1v) is 20.1. The summed E-state index contributed by atoms with van der Waals surface area (Å²) >= 11 is 0. The summed E-state index contributed by atoms with van der Waals surface area (Å²) in [6.45, 7) is 6.81. The molecule has 0 saturated heterocycles. The second-order valence-corrected chi connectivity index (χ2v) is 17.0. The zero-order chi connectivity index (χ0) is 39.5. The Hall–Kier alpha value is -5.05. The van der Waals surface area contributed by atoms with Crippen molar-refractivity contribution in [3.8, 4) is 17.0 Å². The Labute approximate surface area is 321 Å². The highest BCUT2D eigenvalue weighted by Gasteiger charge is 2.31. The number of hydrogen-bond acceptors (Lipinski definition) is 9. The van der Waals surface area contributed by atoms with E-state index in [1.165, 1.54) is 30.2 Å². The zero-order valence-electron chi connectivity index (χ0n) is 32.0. The molecule has 0 bridgehead atoms. The van der Waals surface area contributed by atoms with Gasteiger partial charge in [-0.1, -0.05) is 37.5 Å². The summed E-state index contributed by atoms with van der Waals surface area (Å²) in [5.41, 5.74) is 4.82. The van der Waals surface area contributed by atoms with E-state index in [-0.39, 0.29) is 25.5 Å². The fourth-order valence-corrected chi connectivity index (χ4v) is 8.70. The molecule has 1 saturated carbocycles. The minimum absolute atomic E-state index is 0.0146. The van der Waals surface area contributed by atoms with E-state index in [1.54, 1.807) is 14.2 Å². The van der Waals surface area contributed by atoms with Gasteiger partial charge in [0.15, 0.2) is 4.90 Å². The number of carbonyl (C=O) groups excluding carboxylic acids is 2. The second kappa shape index (κ2) is 16.4. The van der Waals surface area contributed by atoms with Crippen molar-refractivity contribution in [3.63, 3.8) is 0 Å². The van der Waals surface area contributed by atoms with Crippen LogP contribution in [0, 0.1) is 10.1 Å². The maximum absolute atomic E-state index is 14.0. The van der Waals surface area contributed by atoms with Crippen LogP contribution in [0.5, 0.6) is 5.75 Å². The summed E-state index contributed by atoms with van der Waals surface area (Å²) in [6, 6.07) is 16.9. The maximum Gasteiger partial charge on any atom is 0.338 e. The number of aromatic nitrogens is 1. The van der Waals surface area contributed by atoms with Crippen molar-refractivity contribution < 1.29 is 32.4 Å². The minimum Gasteiger partial charge on any atom is -0.497 e. The first kappa shape index (κ1) is 39.6. The van der Waals surface area contributed by atoms with Gasteiger partial charge in [-0.3, -0.25) is 14.9 Å². The Morgan fingerprint density at radius 3 is 2.44 bits per heavy atom. The molecule has 3 aromatic carbocycles. The number of benzene rings is 3. The number of rotatable bonds is 13. The third-order valence-electron chi connectivity index (χ3n) is 10.1. The predicted molar refractivity (Wildman–Crippen MR) is 212 cm³/mol. The highest BCUT2D eigenvalue weighted by molar-refractivity contribution is 7.89. The van der Waals surface area contributed by atoms with Gasteiger partial charge in [0.05, 0.1) is 29.8 Å². The standard InChI is InChI=1S/C41H49N5O8S/c1-41(2,3)54-40(48)28-15-17-33-35(25-28)45-26-30(23-29-24-31(53-5)16-18-32(29)38(45)37(33)27-11-7-6-8-12-27)39(47)42-19-21-44(4)22-20-43-55(51,52)36-14-10-9-13-34(36)46(49)50/h9-10,13-18,23-25,27,43H,6-8,11-12,19-22,26H2,1-5H3,(H,42,47). The van der Waals surface area contributed by atoms with Gasteiger partial charge in [-0.05, 0) is 100 Å². The molecule has 6 rings (SSSR count). The SMILES string of the molecule is COc1ccc2c(c1)C=C(C(=O)NCCN(C)CCNS(=O)(=O)c1ccccc1[N+](=O)[O-])Cn1c-2c(C2CCCCC2)c2ccc(C(=O)OC(C)(C)C)cc21. The van der Waals surface area contributed by atoms with E-state index in [9.17, 15) is 28.1 Å². The quantitative estimate of drug-likeness (QED) is 0.0861. The summed E-state index contributed by atoms with van der Waals surface area (Å²) in [6.07, 6.45) is 7.53. The third-order valence-corrected chi connectivity index (χ3v) is 11.6. The van der Waals surface area contributed by atoms with E-state index in [2.05, 4.69) is 20.7 Å². The molecule has 1 amide bonds. The van der Waals surface area contributed by atoms with Crippen molar-refractivity contribution in [2.75, 3.05) is 40.3 Å². The molecule has 0 spiro atoms. The van der Waals surface area contributed by atoms with Crippen LogP contribution in [-0.2, 0) is 26.1 Å². The van der Waals surface area contributed by atoms with Crippen LogP contribution >= 0.6 is 0 Å². The molecule has 292 valence electrons. The van der Waals surface area contributed by atoms with Gasteiger partial charge in [-0.2, -0.15) is 0 Å². The van der Waals surface area contributed by atoms with Crippen molar-refractivity contribution >= 4 is 44.6 Å². The van der Waals surface area contributed by atoms with Crippen LogP contribution in [0.25, 0.3) is 28.2 Å². The number of likely N-dealkylation sites (N-methyl/N-ethyl adjacent to an activating group) is 1. The van der Waals surface area contributed by atoms with Gasteiger partial charge in [0.2, 0.25) is 15.9 Å². The van der Waals surface area contributed by atoms with Gasteiger partial charge in [0.1, 0.15) is 11.4 Å². The lowest BCUT2D eigenvalue weighted by molar-refractivity contribution is -0.387. The lowest BCUT2D eigenvalue weighted by Crippen LogP contribution is -2.38. The fourth-order valence-electron chi connectivity index (χ4n) is 7.51. The van der Waals surface area contributed by atoms with Gasteiger partial charge >= 0.3 is 5.97 Å². The molecule has 4 aromatic rings. The smallest absolute Gasteiger partial charge is 0.338 e. The molecule has 2 heterocycles. The molecule has 1 fully saturated rings. The Morgan fingerprint density at radius 1 is 1.00 bits per heavy atom. The molecule has 2 aliphatic rings. The Morgan fingerprint density at radius 2 is 1.73 bits per heavy atom. The van der Waals surface area contributed by atoms with Crippen molar-refractivity contribution in [2.24, 2.45) is 0 Å². The van der Waals surface area contributed by atoms with Crippen LogP contribution in [0.15, 0.2) is 71.1 Å². The number of amides is 1. The number of nitro groups is 1. The lowest BCUT2D eigenvalue weighted by Gasteiger charge is -2.24. The Kier molecular flexibility index (Phi) is 11.8. The number of nitrogens with zero attached hydrogens (tertiary/aromatic N) is 3. The average molecular weight is 772 g/mol. The monoisotopic (exact) mass is 771 g/mol. The molecule has 1 aliphatic carbocycles. The normalized spacial score (nSPS) is 14.8. The number of methoxy groups -OCH3 is 1. The zero-order valence-corrected chi connectivity index (χ0v) is 32.8. The number of nitro benzene ring substituents is 1. The number of hydrogen-bond donors (Lipinski definition) is 2. The van der Waals surface area contributed by atoms with Gasteiger partial charge in [0, 0.05) is 54.3 Å². The predicted octanol–water partition coefficient (Wildman–Crippen LogP) is 6.65. The molecular weight excluding hydrogens is 723 g/mol. The van der Waals surface area contributed by atoms with Gasteiger partial charge < -0.3 is 24.3 Å². The van der Waals surface area contributed by atoms with Gasteiger partial charge in [-0.15, -0.1) is 0 Å². The molecule has 2 N–H and O–H groups in total. The van der Waals surface area contributed by atoms with E-state index < -0.39 is 37.1 Å². The van der Waals surface area contributed by atoms with Crippen molar-refractivity contribution in [1.82, 2.24) is 19.5 Å². The third kappa shape index (κ3) is 8.93. The number of esters is 1. The number of nitrogens with one attached hydrogen (secondary N) is 2. The Bertz CT molecular complexity index is 2250. The van der Waals surface area contributed by atoms with Gasteiger partial charge in [0.25, 0.3) is 5.69 Å². The van der Waals surface area contributed by atoms with E-state index in [1.807, 2.05) is 62.1 Å². The van der Waals surface area contributed by atoms with Crippen LogP contribution in [0.1, 0.15) is 80.3 Å². The van der Waals surface area contributed by atoms with Crippen molar-refractivity contribution in [3.05, 3.63) is 93.0 Å². The van der Waals surface area contributed by atoms with Crippen LogP contribution in [0.3, 0.4) is 0 Å². The van der Waals surface area contributed by atoms with Crippen LogP contribution in [0.4, 0.5) is 5.69 Å². The summed E-state index contributed by atoms with van der Waals surface area (Å²) in [4.78, 5) is 39.4. The van der Waals surface area contributed by atoms with Gasteiger partial charge in [-0.25, -0.2) is 17.9 Å². The molecule has 14 heteroatoms. The van der Waals surface area contributed by atoms with Crippen molar-refractivity contribution in [1.29, 1.82) is 0 Å². The number of carbonyl (C=O) groups is 2. The van der Waals surface area contributed by atoms with Crippen LogP contribution in [0.2, 0.25) is 0 Å². The maximum atomic E-state index is 14.0. The number of ether oxygens (including phenoxy) is 2. The molecule has 13 nitrogen and oxygen atoms in total. The Balaban J connectivity index is 1.24. The van der Waals surface area contributed by atoms with Crippen LogP contribution < -0.4 is 14.8 Å². The molecule has 0 unspecified atom stereocenters. The molecule has 0 atom stereocenters. The first-order chi connectivity index (χ1) is 26.2. The number of para-hydroxylation sites is 1. The summed E-state index contributed by atoms with van der Waals surface area (Å²) < 4.78 is 41.6. The van der Waals surface area contributed by atoms with Crippen LogP contribution in [-0.4, -0.2) is 80.6 Å². The fraction of sp³-hybridized carbons (Fsp3) is 0.415. The topological polar surface area (TPSA) is 162 Å². The summed E-state index contributed by atoms with van der Waals surface area (Å²) in [5.74, 6) is 0.337. The van der Waals surface area contributed by atoms with E-state index in [0.717, 1.165) is 59.5 Å². The number of sulfonamides is 1. The summed E-state index contributed by atoms with van der Waals surface area (Å²) in [7, 11) is -0.693. The largest absolute Gasteiger partial charge is 0.497 e. The van der Waals surface area contributed by atoms with E-state index >= 15 is 0 Å². The van der Waals surface area contributed by atoms with E-state index in [0.29, 0.717) is 35.9 Å². The molecule has 0 radical (unpaired) electrons. The highest BCUT2D eigenvalue weighted by Crippen LogP contribution is 2.47. The average Bonchev–Trinajstić information content (AvgIpc) is 3.36. The molecule has 1 aromatic heterocycles. The molecular formula is C41H49N5O8S. The first-order valence-electron chi connectivity index (χ1n) is 18.6.